The van der Waals surface area contributed by atoms with Crippen LogP contribution >= 0.6 is 0 Å². The Balaban J connectivity index is 1.43. The molecule has 2 N–H and O–H groups in total. The number of aliphatic hydroxyl groups is 1. The summed E-state index contributed by atoms with van der Waals surface area (Å²) in [5.41, 5.74) is 0.317. The van der Waals surface area contributed by atoms with E-state index < -0.39 is 5.60 Å². The second kappa shape index (κ2) is 6.99. The molecule has 1 heterocycles. The van der Waals surface area contributed by atoms with Crippen LogP contribution < -0.4 is 5.32 Å². The van der Waals surface area contributed by atoms with Crippen LogP contribution in [0.4, 0.5) is 0 Å². The highest BCUT2D eigenvalue weighted by Crippen LogP contribution is 2.47. The second-order valence-electron chi connectivity index (χ2n) is 6.96. The van der Waals surface area contributed by atoms with Gasteiger partial charge in [-0.2, -0.15) is 0 Å². The zero-order valence-electron chi connectivity index (χ0n) is 13.7. The fourth-order valence-corrected chi connectivity index (χ4v) is 3.26. The van der Waals surface area contributed by atoms with E-state index in [1.807, 2.05) is 18.2 Å². The van der Waals surface area contributed by atoms with Crippen LogP contribution in [-0.2, 0) is 9.53 Å². The second-order valence-corrected chi connectivity index (χ2v) is 6.96. The topological polar surface area (TPSA) is 61.8 Å². The van der Waals surface area contributed by atoms with Gasteiger partial charge < -0.3 is 15.2 Å². The molecule has 1 aliphatic carbocycles. The third-order valence-electron chi connectivity index (χ3n) is 4.67. The molecule has 3 unspecified atom stereocenters. The van der Waals surface area contributed by atoms with E-state index in [0.717, 1.165) is 19.5 Å². The highest BCUT2D eigenvalue weighted by molar-refractivity contribution is 5.82. The van der Waals surface area contributed by atoms with Crippen LogP contribution in [0.1, 0.15) is 24.8 Å². The van der Waals surface area contributed by atoms with Gasteiger partial charge in [0.1, 0.15) is 0 Å². The van der Waals surface area contributed by atoms with Gasteiger partial charge in [-0.15, -0.1) is 0 Å². The standard InChI is InChI=1S/C18H26N2O3/c1-18(22,13-20-7-9-23-10-8-20)12-19-17(21)16-11-15(16)14-5-3-2-4-6-14/h2-6,15-16,22H,7-13H2,1H3,(H,19,21). The molecule has 3 atom stereocenters. The lowest BCUT2D eigenvalue weighted by Gasteiger charge is -2.33. The van der Waals surface area contributed by atoms with E-state index in [-0.39, 0.29) is 11.8 Å². The molecule has 0 bridgehead atoms. The summed E-state index contributed by atoms with van der Waals surface area (Å²) in [6.45, 7) is 5.73. The van der Waals surface area contributed by atoms with Crippen LogP contribution in [0.5, 0.6) is 0 Å². The molecule has 1 aromatic rings. The van der Waals surface area contributed by atoms with Crippen molar-refractivity contribution in [3.63, 3.8) is 0 Å². The number of nitrogens with one attached hydrogen (secondary N) is 1. The summed E-state index contributed by atoms with van der Waals surface area (Å²) in [6, 6.07) is 10.2. The van der Waals surface area contributed by atoms with Gasteiger partial charge in [0.2, 0.25) is 5.91 Å². The Bertz CT molecular complexity index is 526. The minimum absolute atomic E-state index is 0.0524. The maximum atomic E-state index is 12.3. The van der Waals surface area contributed by atoms with Gasteiger partial charge in [-0.3, -0.25) is 9.69 Å². The first-order valence-corrected chi connectivity index (χ1v) is 8.40. The minimum atomic E-state index is -0.913. The Labute approximate surface area is 137 Å². The van der Waals surface area contributed by atoms with Gasteiger partial charge in [-0.05, 0) is 24.8 Å². The number of hydrogen-bond donors (Lipinski definition) is 2. The quantitative estimate of drug-likeness (QED) is 0.821. The Morgan fingerprint density at radius 1 is 1.35 bits per heavy atom. The third kappa shape index (κ3) is 4.53. The van der Waals surface area contributed by atoms with Crippen LogP contribution in [0.2, 0.25) is 0 Å². The summed E-state index contributed by atoms with van der Waals surface area (Å²) < 4.78 is 5.31. The number of ether oxygens (including phenoxy) is 1. The van der Waals surface area contributed by atoms with E-state index in [1.54, 1.807) is 6.92 Å². The molecule has 5 heteroatoms. The molecular formula is C18H26N2O3. The van der Waals surface area contributed by atoms with Crippen molar-refractivity contribution in [2.24, 2.45) is 5.92 Å². The first kappa shape index (κ1) is 16.4. The van der Waals surface area contributed by atoms with E-state index >= 15 is 0 Å². The lowest BCUT2D eigenvalue weighted by atomic mass is 10.1. The van der Waals surface area contributed by atoms with Gasteiger partial charge in [-0.1, -0.05) is 30.3 Å². The van der Waals surface area contributed by atoms with Gasteiger partial charge in [0.05, 0.1) is 18.8 Å². The van der Waals surface area contributed by atoms with Gasteiger partial charge in [0.25, 0.3) is 0 Å². The molecule has 2 aliphatic rings. The zero-order chi connectivity index (χ0) is 16.3. The van der Waals surface area contributed by atoms with Crippen molar-refractivity contribution >= 4 is 5.91 Å². The van der Waals surface area contributed by atoms with Gasteiger partial charge in [0, 0.05) is 32.1 Å². The summed E-state index contributed by atoms with van der Waals surface area (Å²) in [6.07, 6.45) is 0.904. The monoisotopic (exact) mass is 318 g/mol. The Hall–Kier alpha value is -1.43. The summed E-state index contributed by atoms with van der Waals surface area (Å²) in [5, 5.41) is 13.4. The molecular weight excluding hydrogens is 292 g/mol. The molecule has 23 heavy (non-hydrogen) atoms. The number of rotatable bonds is 6. The summed E-state index contributed by atoms with van der Waals surface area (Å²) >= 11 is 0. The molecule has 5 nitrogen and oxygen atoms in total. The fraction of sp³-hybridized carbons (Fsp3) is 0.611. The average Bonchev–Trinajstić information content (AvgIpc) is 3.35. The number of carbonyl (C=O) groups excluding carboxylic acids is 1. The van der Waals surface area contributed by atoms with Gasteiger partial charge in [0.15, 0.2) is 0 Å². The molecule has 126 valence electrons. The SMILES string of the molecule is CC(O)(CNC(=O)C1CC1c1ccccc1)CN1CCOCC1. The maximum Gasteiger partial charge on any atom is 0.223 e. The number of morpholine rings is 1. The van der Waals surface area contributed by atoms with Crippen molar-refractivity contribution in [1.29, 1.82) is 0 Å². The van der Waals surface area contributed by atoms with Crippen molar-refractivity contribution in [2.75, 3.05) is 39.4 Å². The van der Waals surface area contributed by atoms with Crippen LogP contribution in [0, 0.1) is 5.92 Å². The average molecular weight is 318 g/mol. The van der Waals surface area contributed by atoms with E-state index in [9.17, 15) is 9.90 Å². The largest absolute Gasteiger partial charge is 0.387 e. The Kier molecular flexibility index (Phi) is 4.99. The number of benzene rings is 1. The van der Waals surface area contributed by atoms with Crippen molar-refractivity contribution in [3.8, 4) is 0 Å². The van der Waals surface area contributed by atoms with Gasteiger partial charge in [-0.25, -0.2) is 0 Å². The number of β-amino-alcohol motifs (C(OH)–C–C–N with tert-alkyl or cyclic N) is 1. The summed E-state index contributed by atoms with van der Waals surface area (Å²) in [4.78, 5) is 14.5. The molecule has 1 aromatic carbocycles. The van der Waals surface area contributed by atoms with E-state index in [0.29, 0.717) is 32.2 Å². The van der Waals surface area contributed by atoms with E-state index in [2.05, 4.69) is 22.3 Å². The lowest BCUT2D eigenvalue weighted by Crippen LogP contribution is -2.51. The molecule has 1 saturated heterocycles. The van der Waals surface area contributed by atoms with E-state index in [4.69, 9.17) is 4.74 Å². The molecule has 2 fully saturated rings. The first-order chi connectivity index (χ1) is 11.1. The van der Waals surface area contributed by atoms with E-state index in [1.165, 1.54) is 5.56 Å². The highest BCUT2D eigenvalue weighted by Gasteiger charge is 2.44. The number of nitrogens with zero attached hydrogens (tertiary/aromatic N) is 1. The summed E-state index contributed by atoms with van der Waals surface area (Å²) in [7, 11) is 0. The lowest BCUT2D eigenvalue weighted by molar-refractivity contribution is -0.123. The molecule has 1 amide bonds. The number of hydrogen-bond acceptors (Lipinski definition) is 4. The van der Waals surface area contributed by atoms with Crippen molar-refractivity contribution in [2.45, 2.75) is 24.9 Å². The van der Waals surface area contributed by atoms with Crippen molar-refractivity contribution < 1.29 is 14.6 Å². The van der Waals surface area contributed by atoms with Crippen LogP contribution in [0.3, 0.4) is 0 Å². The number of carbonyl (C=O) groups is 1. The smallest absolute Gasteiger partial charge is 0.223 e. The molecule has 3 rings (SSSR count). The Morgan fingerprint density at radius 2 is 2.04 bits per heavy atom. The number of amides is 1. The molecule has 1 aliphatic heterocycles. The van der Waals surface area contributed by atoms with Gasteiger partial charge >= 0.3 is 0 Å². The fourth-order valence-electron chi connectivity index (χ4n) is 3.26. The molecule has 0 aromatic heterocycles. The van der Waals surface area contributed by atoms with Crippen LogP contribution in [0.15, 0.2) is 30.3 Å². The highest BCUT2D eigenvalue weighted by atomic mass is 16.5. The summed E-state index contributed by atoms with van der Waals surface area (Å²) in [5.74, 6) is 0.443. The molecule has 1 saturated carbocycles. The van der Waals surface area contributed by atoms with Crippen LogP contribution in [-0.4, -0.2) is 60.9 Å². The molecule has 0 radical (unpaired) electrons. The predicted octanol–water partition coefficient (Wildman–Crippen LogP) is 0.990. The third-order valence-corrected chi connectivity index (χ3v) is 4.67. The minimum Gasteiger partial charge on any atom is -0.387 e. The normalized spacial score (nSPS) is 27.2. The predicted molar refractivity (Wildman–Crippen MR) is 88.2 cm³/mol. The van der Waals surface area contributed by atoms with Crippen LogP contribution in [0.25, 0.3) is 0 Å². The van der Waals surface area contributed by atoms with Crippen molar-refractivity contribution in [3.05, 3.63) is 35.9 Å². The molecule has 0 spiro atoms. The zero-order valence-corrected chi connectivity index (χ0v) is 13.7. The maximum absolute atomic E-state index is 12.3. The first-order valence-electron chi connectivity index (χ1n) is 8.40. The van der Waals surface area contributed by atoms with Crippen molar-refractivity contribution in [1.82, 2.24) is 10.2 Å². The Morgan fingerprint density at radius 3 is 2.74 bits per heavy atom.